The highest BCUT2D eigenvalue weighted by Gasteiger charge is 2.51. The van der Waals surface area contributed by atoms with Gasteiger partial charge in [0, 0.05) is 12.1 Å². The maximum atomic E-state index is 13.9. The van der Waals surface area contributed by atoms with Gasteiger partial charge in [0.25, 0.3) is 0 Å². The first kappa shape index (κ1) is 22.0. The maximum absolute atomic E-state index is 13.9. The average Bonchev–Trinajstić information content (AvgIpc) is 2.92. The summed E-state index contributed by atoms with van der Waals surface area (Å²) >= 11 is 0. The molecule has 3 rings (SSSR count). The summed E-state index contributed by atoms with van der Waals surface area (Å²) in [7, 11) is -0.459. The molecule has 0 aliphatic carbocycles. The van der Waals surface area contributed by atoms with E-state index in [9.17, 15) is 9.18 Å². The summed E-state index contributed by atoms with van der Waals surface area (Å²) in [6.45, 7) is 10.0. The van der Waals surface area contributed by atoms with Crippen molar-refractivity contribution in [1.82, 2.24) is 0 Å². The van der Waals surface area contributed by atoms with E-state index < -0.39 is 24.1 Å². The third-order valence-corrected chi connectivity index (χ3v) is 5.77. The molecule has 5 nitrogen and oxygen atoms in total. The van der Waals surface area contributed by atoms with Crippen LogP contribution in [0.2, 0.25) is 0 Å². The van der Waals surface area contributed by atoms with Crippen LogP contribution in [0, 0.1) is 17.1 Å². The van der Waals surface area contributed by atoms with E-state index in [1.165, 1.54) is 17.0 Å². The van der Waals surface area contributed by atoms with E-state index in [2.05, 4.69) is 0 Å². The second-order valence-corrected chi connectivity index (χ2v) is 8.47. The molecule has 30 heavy (non-hydrogen) atoms. The Morgan fingerprint density at radius 3 is 2.23 bits per heavy atom. The zero-order valence-corrected chi connectivity index (χ0v) is 18.0. The number of nitrogens with zero attached hydrogens (tertiary/aromatic N) is 2. The van der Waals surface area contributed by atoms with Crippen LogP contribution in [0.1, 0.15) is 52.2 Å². The third kappa shape index (κ3) is 4.40. The molecule has 1 saturated heterocycles. The van der Waals surface area contributed by atoms with Crippen LogP contribution >= 0.6 is 0 Å². The number of carbonyl (C=O) groups is 1. The van der Waals surface area contributed by atoms with Gasteiger partial charge in [-0.25, -0.2) is 4.39 Å². The van der Waals surface area contributed by atoms with Crippen molar-refractivity contribution in [3.63, 3.8) is 0 Å². The van der Waals surface area contributed by atoms with Crippen LogP contribution in [0.3, 0.4) is 0 Å². The quantitative estimate of drug-likeness (QED) is 0.704. The Hall–Kier alpha value is -2.69. The molecule has 1 heterocycles. The monoisotopic (exact) mass is 408 g/mol. The van der Waals surface area contributed by atoms with Crippen molar-refractivity contribution in [3.8, 4) is 6.07 Å². The highest BCUT2D eigenvalue weighted by Crippen LogP contribution is 2.36. The molecule has 2 aromatic rings. The van der Waals surface area contributed by atoms with Gasteiger partial charge in [0.15, 0.2) is 0 Å². The van der Waals surface area contributed by atoms with Crippen LogP contribution in [0.15, 0.2) is 42.5 Å². The van der Waals surface area contributed by atoms with Gasteiger partial charge in [0.05, 0.1) is 29.4 Å². The first-order valence-electron chi connectivity index (χ1n) is 10.0. The summed E-state index contributed by atoms with van der Waals surface area (Å²) in [6, 6.07) is 13.5. The lowest BCUT2D eigenvalue weighted by Gasteiger charge is -2.32. The molecule has 1 aliphatic rings. The maximum Gasteiger partial charge on any atom is 0.494 e. The minimum atomic E-state index is -0.547. The number of anilines is 1. The fourth-order valence-corrected chi connectivity index (χ4v) is 3.25. The minimum absolute atomic E-state index is 0.153. The van der Waals surface area contributed by atoms with Crippen LogP contribution < -0.4 is 10.4 Å². The van der Waals surface area contributed by atoms with E-state index in [1.807, 2.05) is 58.0 Å². The van der Waals surface area contributed by atoms with Crippen molar-refractivity contribution < 1.29 is 18.5 Å². The van der Waals surface area contributed by atoms with Crippen molar-refractivity contribution in [2.45, 2.75) is 58.8 Å². The van der Waals surface area contributed by atoms with E-state index in [4.69, 9.17) is 14.6 Å². The number of amides is 1. The third-order valence-electron chi connectivity index (χ3n) is 5.77. The molecule has 0 aromatic heterocycles. The van der Waals surface area contributed by atoms with Gasteiger partial charge in [0.2, 0.25) is 5.91 Å². The normalized spacial score (nSPS) is 16.9. The molecule has 0 spiro atoms. The molecule has 0 saturated carbocycles. The predicted molar refractivity (Wildman–Crippen MR) is 115 cm³/mol. The zero-order valence-electron chi connectivity index (χ0n) is 18.0. The topological polar surface area (TPSA) is 62.6 Å². The van der Waals surface area contributed by atoms with Gasteiger partial charge in [-0.05, 0) is 56.9 Å². The fourth-order valence-electron chi connectivity index (χ4n) is 3.25. The highest BCUT2D eigenvalue weighted by atomic mass is 19.1. The molecular formula is C23H26BFN2O3. The Kier molecular flexibility index (Phi) is 6.03. The van der Waals surface area contributed by atoms with Crippen LogP contribution in [0.4, 0.5) is 10.1 Å². The van der Waals surface area contributed by atoms with E-state index in [-0.39, 0.29) is 24.4 Å². The van der Waals surface area contributed by atoms with E-state index in [0.29, 0.717) is 5.69 Å². The Balaban J connectivity index is 1.83. The summed E-state index contributed by atoms with van der Waals surface area (Å²) in [4.78, 5) is 14.0. The first-order valence-corrected chi connectivity index (χ1v) is 10.0. The molecule has 156 valence electrons. The Morgan fingerprint density at radius 1 is 1.10 bits per heavy atom. The van der Waals surface area contributed by atoms with Crippen molar-refractivity contribution in [1.29, 1.82) is 5.26 Å². The number of benzene rings is 2. The van der Waals surface area contributed by atoms with Gasteiger partial charge in [-0.1, -0.05) is 31.2 Å². The van der Waals surface area contributed by atoms with Crippen molar-refractivity contribution >= 4 is 24.2 Å². The Labute approximate surface area is 177 Å². The van der Waals surface area contributed by atoms with Gasteiger partial charge in [-0.3, -0.25) is 4.79 Å². The highest BCUT2D eigenvalue weighted by molar-refractivity contribution is 6.62. The molecule has 0 atom stereocenters. The van der Waals surface area contributed by atoms with Crippen LogP contribution in [-0.4, -0.2) is 24.2 Å². The van der Waals surface area contributed by atoms with E-state index >= 15 is 0 Å². The van der Waals surface area contributed by atoms with E-state index in [0.717, 1.165) is 17.1 Å². The number of rotatable bonds is 5. The lowest BCUT2D eigenvalue weighted by molar-refractivity contribution is -0.118. The summed E-state index contributed by atoms with van der Waals surface area (Å²) in [6.07, 6.45) is 0.268. The average molecular weight is 408 g/mol. The van der Waals surface area contributed by atoms with E-state index in [1.54, 1.807) is 6.92 Å². The molecule has 7 heteroatoms. The predicted octanol–water partition coefficient (Wildman–Crippen LogP) is 3.94. The summed E-state index contributed by atoms with van der Waals surface area (Å²) in [5, 5.41) is 9.12. The Morgan fingerprint density at radius 2 is 1.70 bits per heavy atom. The number of halogens is 1. The molecule has 1 fully saturated rings. The van der Waals surface area contributed by atoms with Crippen LogP contribution in [0.5, 0.6) is 0 Å². The number of hydrogen-bond donors (Lipinski definition) is 0. The SMILES string of the molecule is CCC(=O)N(Cc1ccc(B2OC(C)(C)C(C)(C)O2)cc1)c1cc(F)cc(C#N)c1. The molecule has 0 bridgehead atoms. The molecule has 2 aromatic carbocycles. The molecule has 1 aliphatic heterocycles. The lowest BCUT2D eigenvalue weighted by Crippen LogP contribution is -2.41. The first-order chi connectivity index (χ1) is 14.1. The summed E-state index contributed by atoms with van der Waals surface area (Å²) in [5.74, 6) is -0.700. The van der Waals surface area contributed by atoms with Gasteiger partial charge in [-0.15, -0.1) is 0 Å². The largest absolute Gasteiger partial charge is 0.494 e. The van der Waals surface area contributed by atoms with Crippen molar-refractivity contribution in [2.75, 3.05) is 4.90 Å². The number of carbonyl (C=O) groups excluding carboxylic acids is 1. The van der Waals surface area contributed by atoms with Gasteiger partial charge in [0.1, 0.15) is 5.82 Å². The standard InChI is InChI=1S/C23H26BFN2O3/c1-6-21(28)27(20-12-17(14-26)11-19(25)13-20)15-16-7-9-18(10-8-16)24-29-22(2,3)23(4,5)30-24/h7-13H,6,15H2,1-5H3. The molecular weight excluding hydrogens is 382 g/mol. The van der Waals surface area contributed by atoms with Crippen LogP contribution in [-0.2, 0) is 20.6 Å². The Bertz CT molecular complexity index is 967. The number of hydrogen-bond acceptors (Lipinski definition) is 4. The molecule has 0 N–H and O–H groups in total. The van der Waals surface area contributed by atoms with Crippen LogP contribution in [0.25, 0.3) is 0 Å². The molecule has 1 amide bonds. The second kappa shape index (κ2) is 8.21. The van der Waals surface area contributed by atoms with Crippen molar-refractivity contribution in [2.24, 2.45) is 0 Å². The molecule has 0 unspecified atom stereocenters. The van der Waals surface area contributed by atoms with Gasteiger partial charge < -0.3 is 14.2 Å². The summed E-state index contributed by atoms with van der Waals surface area (Å²) < 4.78 is 26.1. The summed E-state index contributed by atoms with van der Waals surface area (Å²) in [5.41, 5.74) is 1.47. The molecule has 0 radical (unpaired) electrons. The fraction of sp³-hybridized carbons (Fsp3) is 0.391. The second-order valence-electron chi connectivity index (χ2n) is 8.47. The van der Waals surface area contributed by atoms with Gasteiger partial charge in [-0.2, -0.15) is 5.26 Å². The number of nitriles is 1. The lowest BCUT2D eigenvalue weighted by atomic mass is 9.79. The zero-order chi connectivity index (χ0) is 22.1. The van der Waals surface area contributed by atoms with Gasteiger partial charge >= 0.3 is 7.12 Å². The van der Waals surface area contributed by atoms with Crippen molar-refractivity contribution in [3.05, 3.63) is 59.4 Å². The minimum Gasteiger partial charge on any atom is -0.399 e. The smallest absolute Gasteiger partial charge is 0.399 e.